The second kappa shape index (κ2) is 10.3. The average Bonchev–Trinajstić information content (AvgIpc) is 3.58. The first-order valence-electron chi connectivity index (χ1n) is 14.6. The van der Waals surface area contributed by atoms with Gasteiger partial charge < -0.3 is 20.5 Å². The molecule has 1 aliphatic carbocycles. The average molecular weight is 569 g/mol. The number of carbonyl (C=O) groups excluding carboxylic acids is 1. The lowest BCUT2D eigenvalue weighted by Gasteiger charge is -2.25. The highest BCUT2D eigenvalue weighted by molar-refractivity contribution is 7.16. The Labute approximate surface area is 240 Å². The molecule has 40 heavy (non-hydrogen) atoms. The molecule has 0 aliphatic heterocycles. The molecule has 1 fully saturated rings. The van der Waals surface area contributed by atoms with Crippen LogP contribution in [0.4, 0.5) is 11.6 Å². The van der Waals surface area contributed by atoms with Crippen LogP contribution < -0.4 is 21.1 Å². The van der Waals surface area contributed by atoms with Gasteiger partial charge in [0.05, 0.1) is 46.2 Å². The van der Waals surface area contributed by atoms with Gasteiger partial charge in [0.2, 0.25) is 5.91 Å². The van der Waals surface area contributed by atoms with E-state index in [1.54, 1.807) is 38.2 Å². The van der Waals surface area contributed by atoms with Crippen LogP contribution in [0.1, 0.15) is 69.6 Å². The molecule has 5 rings (SSSR count). The number of fused-ring (bicyclic) bond motifs is 1. The molecule has 0 bridgehead atoms. The van der Waals surface area contributed by atoms with Crippen LogP contribution in [0.5, 0.6) is 5.19 Å². The maximum absolute atomic E-state index is 13.6. The number of aromatic nitrogens is 5. The number of aliphatic hydroxyl groups is 1. The van der Waals surface area contributed by atoms with Crippen molar-refractivity contribution in [3.05, 3.63) is 46.6 Å². The summed E-state index contributed by atoms with van der Waals surface area (Å²) in [6.45, 7) is 6.36. The molecule has 4 heterocycles. The summed E-state index contributed by atoms with van der Waals surface area (Å²) in [4.78, 5) is 39.6. The smallest absolute Gasteiger partial charge is 0.329 e. The Morgan fingerprint density at radius 3 is 2.77 bits per heavy atom. The summed E-state index contributed by atoms with van der Waals surface area (Å²) in [5, 5.41) is 17.5. The monoisotopic (exact) mass is 568 g/mol. The number of rotatable bonds is 8. The van der Waals surface area contributed by atoms with Crippen LogP contribution in [-0.2, 0) is 17.4 Å². The molecule has 0 aromatic carbocycles. The summed E-state index contributed by atoms with van der Waals surface area (Å²) in [7, 11) is 0. The van der Waals surface area contributed by atoms with E-state index in [-0.39, 0.29) is 17.5 Å². The Bertz CT molecular complexity index is 1740. The molecule has 4 aromatic rings. The standard InChI is InChI=1S/C28H35N7O4S/c1-7-39-25-30-15-22(40-25)19-10-17(27(3,4)38)11-24(31-19)32-23-12-20-21(14-29-23)34(6)26(37)35(20)18-8-9-28(5,13-18)33-16(2)36/h10-12,14-15,18,38H,7-9,13H2,1-6H3,(H,33,36)(H,29,31,32)/t18-,28+/m1/s1/i6D3. The van der Waals surface area contributed by atoms with Gasteiger partial charge in [-0.15, -0.1) is 0 Å². The topological polar surface area (TPSA) is 136 Å². The molecule has 11 nitrogen and oxygen atoms in total. The van der Waals surface area contributed by atoms with Gasteiger partial charge in [-0.2, -0.15) is 0 Å². The van der Waals surface area contributed by atoms with Gasteiger partial charge in [0.1, 0.15) is 11.6 Å². The molecule has 2 atom stereocenters. The largest absolute Gasteiger partial charge is 0.470 e. The summed E-state index contributed by atoms with van der Waals surface area (Å²) >= 11 is 1.33. The number of carbonyl (C=O) groups is 1. The predicted molar refractivity (Wildman–Crippen MR) is 155 cm³/mol. The van der Waals surface area contributed by atoms with Crippen molar-refractivity contribution in [2.75, 3.05) is 11.9 Å². The van der Waals surface area contributed by atoms with E-state index in [1.165, 1.54) is 29.0 Å². The summed E-state index contributed by atoms with van der Waals surface area (Å²) in [5.41, 5.74) is -0.616. The fourth-order valence-corrected chi connectivity index (χ4v) is 6.06. The highest BCUT2D eigenvalue weighted by Gasteiger charge is 2.38. The number of aryl methyl sites for hydroxylation is 1. The first-order chi connectivity index (χ1) is 20.1. The van der Waals surface area contributed by atoms with Gasteiger partial charge in [0.15, 0.2) is 0 Å². The zero-order chi connectivity index (χ0) is 31.3. The van der Waals surface area contributed by atoms with Gasteiger partial charge in [-0.25, -0.2) is 19.7 Å². The van der Waals surface area contributed by atoms with Crippen molar-refractivity contribution < 1.29 is 18.8 Å². The molecule has 12 heteroatoms. The third-order valence-corrected chi connectivity index (χ3v) is 8.04. The predicted octanol–water partition coefficient (Wildman–Crippen LogP) is 4.24. The number of anilines is 2. The van der Waals surface area contributed by atoms with Crippen LogP contribution in [0, 0.1) is 0 Å². The minimum Gasteiger partial charge on any atom is -0.470 e. The fraction of sp³-hybridized carbons (Fsp3) is 0.464. The van der Waals surface area contributed by atoms with E-state index < -0.39 is 23.8 Å². The number of nitrogens with zero attached hydrogens (tertiary/aromatic N) is 5. The molecule has 0 unspecified atom stereocenters. The third kappa shape index (κ3) is 5.46. The number of pyridine rings is 2. The van der Waals surface area contributed by atoms with Crippen LogP contribution in [0.2, 0.25) is 0 Å². The second-order valence-corrected chi connectivity index (χ2v) is 11.9. The van der Waals surface area contributed by atoms with Crippen molar-refractivity contribution in [1.82, 2.24) is 29.4 Å². The van der Waals surface area contributed by atoms with Crippen LogP contribution in [0.25, 0.3) is 21.6 Å². The lowest BCUT2D eigenvalue weighted by molar-refractivity contribution is -0.120. The Hall–Kier alpha value is -3.77. The number of hydrogen-bond acceptors (Lipinski definition) is 9. The van der Waals surface area contributed by atoms with E-state index in [0.29, 0.717) is 59.5 Å². The van der Waals surface area contributed by atoms with Gasteiger partial charge in [-0.05, 0) is 64.7 Å². The Kier molecular flexibility index (Phi) is 6.21. The van der Waals surface area contributed by atoms with Gasteiger partial charge in [0, 0.05) is 35.7 Å². The first kappa shape index (κ1) is 24.1. The van der Waals surface area contributed by atoms with Crippen molar-refractivity contribution in [3.8, 4) is 15.8 Å². The molecule has 0 spiro atoms. The van der Waals surface area contributed by atoms with Gasteiger partial charge in [0.25, 0.3) is 5.19 Å². The summed E-state index contributed by atoms with van der Waals surface area (Å²) in [5.74, 6) is 0.553. The van der Waals surface area contributed by atoms with E-state index >= 15 is 0 Å². The molecule has 4 aromatic heterocycles. The molecule has 0 saturated heterocycles. The normalized spacial score (nSPS) is 20.6. The van der Waals surface area contributed by atoms with Crippen molar-refractivity contribution in [2.45, 2.75) is 71.1 Å². The van der Waals surface area contributed by atoms with Crippen molar-refractivity contribution >= 4 is 39.9 Å². The van der Waals surface area contributed by atoms with E-state index in [2.05, 4.69) is 20.6 Å². The van der Waals surface area contributed by atoms with E-state index in [1.807, 2.05) is 13.8 Å². The van der Waals surface area contributed by atoms with Crippen LogP contribution in [-0.4, -0.2) is 47.2 Å². The zero-order valence-electron chi connectivity index (χ0n) is 26.1. The second-order valence-electron chi connectivity index (χ2n) is 10.9. The number of ether oxygens (including phenoxy) is 1. The zero-order valence-corrected chi connectivity index (χ0v) is 23.9. The van der Waals surface area contributed by atoms with Gasteiger partial charge in [-0.3, -0.25) is 13.9 Å². The summed E-state index contributed by atoms with van der Waals surface area (Å²) in [6.07, 6.45) is 4.71. The summed E-state index contributed by atoms with van der Waals surface area (Å²) in [6, 6.07) is 4.78. The molecule has 1 saturated carbocycles. The van der Waals surface area contributed by atoms with E-state index in [0.717, 1.165) is 9.44 Å². The maximum atomic E-state index is 13.6. The minimum atomic E-state index is -2.72. The quantitative estimate of drug-likeness (QED) is 0.287. The van der Waals surface area contributed by atoms with Gasteiger partial charge in [-0.1, -0.05) is 11.3 Å². The Balaban J connectivity index is 1.58. The van der Waals surface area contributed by atoms with Crippen molar-refractivity contribution in [3.63, 3.8) is 0 Å². The van der Waals surface area contributed by atoms with E-state index in [4.69, 9.17) is 13.8 Å². The molecular formula is C28H35N7O4S. The number of hydrogen-bond donors (Lipinski definition) is 3. The highest BCUT2D eigenvalue weighted by Crippen LogP contribution is 2.39. The summed E-state index contributed by atoms with van der Waals surface area (Å²) < 4.78 is 31.9. The fourth-order valence-electron chi connectivity index (χ4n) is 5.28. The van der Waals surface area contributed by atoms with Crippen LogP contribution in [0.3, 0.4) is 0 Å². The number of nitrogens with one attached hydrogen (secondary N) is 2. The maximum Gasteiger partial charge on any atom is 0.329 e. The van der Waals surface area contributed by atoms with Crippen LogP contribution >= 0.6 is 11.3 Å². The molecule has 1 aliphatic rings. The molecule has 1 amide bonds. The molecule has 3 N–H and O–H groups in total. The first-order valence-corrected chi connectivity index (χ1v) is 13.9. The number of thiazole rings is 1. The van der Waals surface area contributed by atoms with E-state index in [9.17, 15) is 14.7 Å². The molecule has 0 radical (unpaired) electrons. The molecular weight excluding hydrogens is 530 g/mol. The van der Waals surface area contributed by atoms with Gasteiger partial charge >= 0.3 is 5.69 Å². The Morgan fingerprint density at radius 2 is 2.08 bits per heavy atom. The van der Waals surface area contributed by atoms with Crippen molar-refractivity contribution in [2.24, 2.45) is 6.98 Å². The molecule has 212 valence electrons. The lowest BCUT2D eigenvalue weighted by Crippen LogP contribution is -2.43. The number of amides is 1. The minimum absolute atomic E-state index is 0.163. The van der Waals surface area contributed by atoms with Crippen LogP contribution in [0.15, 0.2) is 35.4 Å². The van der Waals surface area contributed by atoms with Crippen molar-refractivity contribution in [1.29, 1.82) is 0 Å². The number of imidazole rings is 1. The SMILES string of the molecule is [2H]C([2H])([2H])n1c(=O)n([C@@H]2CC[C@](C)(NC(C)=O)C2)c2cc(Nc3cc(C(C)(C)O)cc(-c4cnc(OCC)s4)n3)ncc21. The highest BCUT2D eigenvalue weighted by atomic mass is 32.1. The lowest BCUT2D eigenvalue weighted by atomic mass is 9.98. The Morgan fingerprint density at radius 1 is 1.27 bits per heavy atom. The third-order valence-electron chi connectivity index (χ3n) is 7.11.